The van der Waals surface area contributed by atoms with Gasteiger partial charge in [0.25, 0.3) is 10.0 Å². The first-order valence-electron chi connectivity index (χ1n) is 6.47. The Morgan fingerprint density at radius 1 is 1.35 bits per heavy atom. The van der Waals surface area contributed by atoms with Crippen molar-refractivity contribution in [3.63, 3.8) is 0 Å². The topological polar surface area (TPSA) is 92.1 Å². The fourth-order valence-electron chi connectivity index (χ4n) is 2.52. The highest BCUT2D eigenvalue weighted by Gasteiger charge is 2.30. The molecule has 3 rings (SSSR count). The number of nitrogens with zero attached hydrogens (tertiary/aromatic N) is 2. The van der Waals surface area contributed by atoms with Crippen molar-refractivity contribution < 1.29 is 8.42 Å². The van der Waals surface area contributed by atoms with E-state index in [4.69, 9.17) is 5.73 Å². The van der Waals surface area contributed by atoms with Gasteiger partial charge in [-0.05, 0) is 24.5 Å². The lowest BCUT2D eigenvalue weighted by Gasteiger charge is -2.24. The lowest BCUT2D eigenvalue weighted by Crippen LogP contribution is -2.31. The highest BCUT2D eigenvalue weighted by atomic mass is 32.2. The zero-order chi connectivity index (χ0) is 14.2. The second-order valence-electron chi connectivity index (χ2n) is 4.82. The molecule has 3 N–H and O–H groups in total. The maximum absolute atomic E-state index is 12.7. The van der Waals surface area contributed by atoms with Gasteiger partial charge in [-0.25, -0.2) is 8.42 Å². The number of nitrogens with one attached hydrogen (secondary N) is 1. The summed E-state index contributed by atoms with van der Waals surface area (Å²) < 4.78 is 26.8. The van der Waals surface area contributed by atoms with Crippen LogP contribution in [-0.4, -0.2) is 25.2 Å². The summed E-state index contributed by atoms with van der Waals surface area (Å²) in [5.74, 6) is 0. The molecule has 0 saturated carbocycles. The minimum Gasteiger partial charge on any atom is -0.324 e. The molecule has 7 heteroatoms. The Labute approximate surface area is 117 Å². The van der Waals surface area contributed by atoms with E-state index in [0.717, 1.165) is 18.4 Å². The normalized spacial score (nSPS) is 19.4. The van der Waals surface area contributed by atoms with Crippen LogP contribution in [0.25, 0.3) is 0 Å². The Hall–Kier alpha value is -1.86. The molecule has 1 aromatic heterocycles. The first kappa shape index (κ1) is 13.1. The standard InChI is InChI=1S/C13H16N4O2S/c14-12-5-3-7-17(13-6-2-1-4-11(12)13)20(18,19)10-8-15-16-9-10/h1-2,4,6,8-9,12H,3,5,7,14H2,(H,15,16). The number of fused-ring (bicyclic) bond motifs is 1. The van der Waals surface area contributed by atoms with Gasteiger partial charge in [0.05, 0.1) is 11.9 Å². The fourth-order valence-corrected chi connectivity index (χ4v) is 3.95. The molecular formula is C13H16N4O2S. The number of sulfonamides is 1. The van der Waals surface area contributed by atoms with Gasteiger partial charge in [0.15, 0.2) is 0 Å². The summed E-state index contributed by atoms with van der Waals surface area (Å²) in [5.41, 5.74) is 7.67. The minimum atomic E-state index is -3.59. The van der Waals surface area contributed by atoms with Gasteiger partial charge in [0, 0.05) is 18.8 Å². The molecule has 1 atom stereocenters. The number of H-pyrrole nitrogens is 1. The predicted molar refractivity (Wildman–Crippen MR) is 75.7 cm³/mol. The number of hydrogen-bond acceptors (Lipinski definition) is 4. The molecule has 6 nitrogen and oxygen atoms in total. The number of aromatic amines is 1. The van der Waals surface area contributed by atoms with Crippen molar-refractivity contribution in [3.05, 3.63) is 42.2 Å². The molecule has 0 aliphatic carbocycles. The van der Waals surface area contributed by atoms with E-state index < -0.39 is 10.0 Å². The van der Waals surface area contributed by atoms with Crippen molar-refractivity contribution in [2.75, 3.05) is 10.8 Å². The molecule has 1 aliphatic heterocycles. The molecule has 0 fully saturated rings. The van der Waals surface area contributed by atoms with Crippen molar-refractivity contribution >= 4 is 15.7 Å². The molecule has 0 radical (unpaired) electrons. The number of anilines is 1. The molecular weight excluding hydrogens is 276 g/mol. The van der Waals surface area contributed by atoms with Gasteiger partial charge in [-0.1, -0.05) is 18.2 Å². The number of benzene rings is 1. The zero-order valence-corrected chi connectivity index (χ0v) is 11.7. The first-order valence-corrected chi connectivity index (χ1v) is 7.91. The molecule has 20 heavy (non-hydrogen) atoms. The van der Waals surface area contributed by atoms with E-state index in [-0.39, 0.29) is 10.9 Å². The average molecular weight is 292 g/mol. The number of para-hydroxylation sites is 1. The van der Waals surface area contributed by atoms with Crippen molar-refractivity contribution in [1.82, 2.24) is 10.2 Å². The first-order chi connectivity index (χ1) is 9.60. The van der Waals surface area contributed by atoms with Crippen molar-refractivity contribution in [2.45, 2.75) is 23.8 Å². The summed E-state index contributed by atoms with van der Waals surface area (Å²) in [6.07, 6.45) is 4.22. The second-order valence-corrected chi connectivity index (χ2v) is 6.68. The lowest BCUT2D eigenvalue weighted by atomic mass is 10.0. The summed E-state index contributed by atoms with van der Waals surface area (Å²) in [6, 6.07) is 7.28. The quantitative estimate of drug-likeness (QED) is 0.875. The average Bonchev–Trinajstić information content (AvgIpc) is 2.93. The molecule has 2 aromatic rings. The van der Waals surface area contributed by atoms with E-state index in [0.29, 0.717) is 12.2 Å². The molecule has 0 amide bonds. The Bertz CT molecular complexity index is 697. The van der Waals surface area contributed by atoms with E-state index in [1.165, 1.54) is 16.7 Å². The Kier molecular flexibility index (Phi) is 3.23. The highest BCUT2D eigenvalue weighted by molar-refractivity contribution is 7.92. The summed E-state index contributed by atoms with van der Waals surface area (Å²) in [6.45, 7) is 0.429. The number of rotatable bonds is 2. The van der Waals surface area contributed by atoms with Crippen LogP contribution in [0.15, 0.2) is 41.6 Å². The molecule has 1 aromatic carbocycles. The Morgan fingerprint density at radius 3 is 2.90 bits per heavy atom. The van der Waals surface area contributed by atoms with E-state index in [2.05, 4.69) is 10.2 Å². The monoisotopic (exact) mass is 292 g/mol. The third-order valence-electron chi connectivity index (χ3n) is 3.54. The van der Waals surface area contributed by atoms with Gasteiger partial charge < -0.3 is 5.73 Å². The van der Waals surface area contributed by atoms with E-state index in [9.17, 15) is 8.42 Å². The second kappa shape index (κ2) is 4.92. The minimum absolute atomic E-state index is 0.129. The highest BCUT2D eigenvalue weighted by Crippen LogP contribution is 2.34. The largest absolute Gasteiger partial charge is 0.324 e. The maximum Gasteiger partial charge on any atom is 0.267 e. The van der Waals surface area contributed by atoms with Gasteiger partial charge in [0.1, 0.15) is 4.90 Å². The van der Waals surface area contributed by atoms with E-state index >= 15 is 0 Å². The summed E-state index contributed by atoms with van der Waals surface area (Å²) >= 11 is 0. The SMILES string of the molecule is NC1CCCN(S(=O)(=O)c2cn[nH]c2)c2ccccc21. The van der Waals surface area contributed by atoms with E-state index in [1.807, 2.05) is 18.2 Å². The molecule has 106 valence electrons. The number of aromatic nitrogens is 2. The van der Waals surface area contributed by atoms with Crippen LogP contribution in [0.1, 0.15) is 24.4 Å². The lowest BCUT2D eigenvalue weighted by molar-refractivity contribution is 0.587. The van der Waals surface area contributed by atoms with Gasteiger partial charge in [-0.3, -0.25) is 9.40 Å². The molecule has 0 saturated heterocycles. The van der Waals surface area contributed by atoms with Crippen LogP contribution in [0.2, 0.25) is 0 Å². The summed E-state index contributed by atoms with van der Waals surface area (Å²) in [4.78, 5) is 0.169. The van der Waals surface area contributed by atoms with Crippen molar-refractivity contribution in [1.29, 1.82) is 0 Å². The van der Waals surface area contributed by atoms with Crippen LogP contribution in [0.3, 0.4) is 0 Å². The van der Waals surface area contributed by atoms with Gasteiger partial charge in [-0.15, -0.1) is 0 Å². The van der Waals surface area contributed by atoms with Crippen LogP contribution in [0.5, 0.6) is 0 Å². The Morgan fingerprint density at radius 2 is 2.15 bits per heavy atom. The smallest absolute Gasteiger partial charge is 0.267 e. The maximum atomic E-state index is 12.7. The van der Waals surface area contributed by atoms with Crippen molar-refractivity contribution in [2.24, 2.45) is 5.73 Å². The Balaban J connectivity index is 2.13. The van der Waals surface area contributed by atoms with Crippen LogP contribution >= 0.6 is 0 Å². The third kappa shape index (κ3) is 2.08. The van der Waals surface area contributed by atoms with E-state index in [1.54, 1.807) is 6.07 Å². The number of hydrogen-bond donors (Lipinski definition) is 2. The van der Waals surface area contributed by atoms with Crippen LogP contribution in [0, 0.1) is 0 Å². The van der Waals surface area contributed by atoms with Crippen molar-refractivity contribution in [3.8, 4) is 0 Å². The third-order valence-corrected chi connectivity index (χ3v) is 5.32. The molecule has 2 heterocycles. The summed E-state index contributed by atoms with van der Waals surface area (Å²) in [5, 5.41) is 6.26. The van der Waals surface area contributed by atoms with Gasteiger partial charge in [0.2, 0.25) is 0 Å². The van der Waals surface area contributed by atoms with Gasteiger partial charge in [-0.2, -0.15) is 5.10 Å². The number of nitrogens with two attached hydrogens (primary N) is 1. The van der Waals surface area contributed by atoms with Crippen LogP contribution in [-0.2, 0) is 10.0 Å². The van der Waals surface area contributed by atoms with Crippen LogP contribution in [0.4, 0.5) is 5.69 Å². The predicted octanol–water partition coefficient (Wildman–Crippen LogP) is 1.40. The molecule has 1 aliphatic rings. The van der Waals surface area contributed by atoms with Crippen LogP contribution < -0.4 is 10.0 Å². The van der Waals surface area contributed by atoms with Gasteiger partial charge >= 0.3 is 0 Å². The summed E-state index contributed by atoms with van der Waals surface area (Å²) in [7, 11) is -3.59. The zero-order valence-electron chi connectivity index (χ0n) is 10.9. The molecule has 0 bridgehead atoms. The molecule has 0 spiro atoms. The molecule has 1 unspecified atom stereocenters. The fraction of sp³-hybridized carbons (Fsp3) is 0.308.